The maximum atomic E-state index is 11.1. The molecule has 0 saturated heterocycles. The summed E-state index contributed by atoms with van der Waals surface area (Å²) in [7, 11) is 0. The van der Waals surface area contributed by atoms with Crippen molar-refractivity contribution in [2.24, 2.45) is 0 Å². The molecule has 0 spiro atoms. The average molecular weight is 493 g/mol. The lowest BCUT2D eigenvalue weighted by molar-refractivity contribution is -0.132. The number of benzene rings is 5. The highest BCUT2D eigenvalue weighted by Crippen LogP contribution is 2.35. The lowest BCUT2D eigenvalue weighted by Gasteiger charge is -2.25. The first-order valence-corrected chi connectivity index (χ1v) is 12.2. The molecule has 0 fully saturated rings. The number of para-hydroxylation sites is 2. The number of nitriles is 1. The van der Waals surface area contributed by atoms with Gasteiger partial charge in [0.25, 0.3) is 0 Å². The molecule has 0 unspecified atom stereocenters. The van der Waals surface area contributed by atoms with Gasteiger partial charge in [0.1, 0.15) is 11.6 Å². The molecule has 0 bridgehead atoms. The number of nitrogens with zero attached hydrogens (tertiary/aromatic N) is 2. The number of carbonyl (C=O) groups is 1. The van der Waals surface area contributed by atoms with E-state index in [1.54, 1.807) is 6.07 Å². The number of carboxylic acids is 1. The van der Waals surface area contributed by atoms with Gasteiger partial charge >= 0.3 is 5.97 Å². The van der Waals surface area contributed by atoms with Gasteiger partial charge in [0.2, 0.25) is 0 Å². The van der Waals surface area contributed by atoms with Crippen molar-refractivity contribution < 1.29 is 9.90 Å². The molecule has 0 aliphatic carbocycles. The Morgan fingerprint density at radius 3 is 1.34 bits per heavy atom. The molecule has 0 aliphatic rings. The number of aliphatic carboxylic acids is 1. The molecule has 0 aliphatic heterocycles. The molecule has 38 heavy (non-hydrogen) atoms. The minimum absolute atomic E-state index is 0.288. The van der Waals surface area contributed by atoms with Crippen LogP contribution in [-0.4, -0.2) is 11.1 Å². The lowest BCUT2D eigenvalue weighted by atomic mass is 9.99. The van der Waals surface area contributed by atoms with Crippen molar-refractivity contribution in [2.75, 3.05) is 4.90 Å². The van der Waals surface area contributed by atoms with E-state index in [4.69, 9.17) is 10.4 Å². The van der Waals surface area contributed by atoms with Gasteiger partial charge < -0.3 is 10.0 Å². The molecule has 0 saturated carbocycles. The topological polar surface area (TPSA) is 64.3 Å². The fraction of sp³-hybridized carbons (Fsp3) is 0. The molecule has 182 valence electrons. The molecule has 0 amide bonds. The van der Waals surface area contributed by atoms with E-state index in [9.17, 15) is 4.79 Å². The molecule has 4 heteroatoms. The highest BCUT2D eigenvalue weighted by molar-refractivity contribution is 5.96. The Balaban J connectivity index is 1.37. The zero-order valence-corrected chi connectivity index (χ0v) is 20.5. The van der Waals surface area contributed by atoms with Crippen molar-refractivity contribution >= 4 is 29.1 Å². The van der Waals surface area contributed by atoms with Crippen LogP contribution in [0, 0.1) is 11.3 Å². The first kappa shape index (κ1) is 24.3. The number of carboxylic acid groups (broad SMARTS) is 1. The van der Waals surface area contributed by atoms with E-state index in [1.165, 1.54) is 6.08 Å². The summed E-state index contributed by atoms with van der Waals surface area (Å²) in [5.74, 6) is -1.23. The van der Waals surface area contributed by atoms with Crippen LogP contribution in [-0.2, 0) is 4.79 Å². The monoisotopic (exact) mass is 492 g/mol. The molecule has 5 aromatic carbocycles. The first-order chi connectivity index (χ1) is 18.6. The van der Waals surface area contributed by atoms with E-state index in [1.807, 2.05) is 60.7 Å². The molecular formula is C34H24N2O2. The molecule has 5 aromatic rings. The van der Waals surface area contributed by atoms with Crippen molar-refractivity contribution in [3.63, 3.8) is 0 Å². The van der Waals surface area contributed by atoms with E-state index in [0.29, 0.717) is 5.56 Å². The Morgan fingerprint density at radius 2 is 0.947 bits per heavy atom. The van der Waals surface area contributed by atoms with Crippen molar-refractivity contribution in [3.05, 3.63) is 145 Å². The fourth-order valence-corrected chi connectivity index (χ4v) is 4.34. The van der Waals surface area contributed by atoms with Crippen LogP contribution in [0.5, 0.6) is 0 Å². The van der Waals surface area contributed by atoms with Crippen LogP contribution in [0.25, 0.3) is 28.3 Å². The van der Waals surface area contributed by atoms with E-state index >= 15 is 0 Å². The summed E-state index contributed by atoms with van der Waals surface area (Å²) >= 11 is 0. The number of hydrogen-bond donors (Lipinski definition) is 1. The SMILES string of the molecule is N#C/C(=C\c1ccc(-c2ccc(-c3ccc(N(c4ccccc4)c4ccccc4)cc3)cc2)cc1)C(=O)O. The molecule has 0 heterocycles. The summed E-state index contributed by atoms with van der Waals surface area (Å²) in [6.07, 6.45) is 1.37. The Labute approximate surface area is 222 Å². The van der Waals surface area contributed by atoms with Gasteiger partial charge in [-0.25, -0.2) is 4.79 Å². The highest BCUT2D eigenvalue weighted by atomic mass is 16.4. The number of anilines is 3. The van der Waals surface area contributed by atoms with Gasteiger partial charge in [0.15, 0.2) is 0 Å². The van der Waals surface area contributed by atoms with Crippen LogP contribution in [0.15, 0.2) is 139 Å². The van der Waals surface area contributed by atoms with Crippen LogP contribution < -0.4 is 4.90 Å². The largest absolute Gasteiger partial charge is 0.477 e. The summed E-state index contributed by atoms with van der Waals surface area (Å²) in [5.41, 5.74) is 7.98. The third-order valence-corrected chi connectivity index (χ3v) is 6.28. The average Bonchev–Trinajstić information content (AvgIpc) is 2.98. The van der Waals surface area contributed by atoms with Gasteiger partial charge in [0, 0.05) is 17.1 Å². The van der Waals surface area contributed by atoms with Crippen LogP contribution in [0.1, 0.15) is 5.56 Å². The molecular weight excluding hydrogens is 468 g/mol. The second-order valence-corrected chi connectivity index (χ2v) is 8.73. The minimum atomic E-state index is -1.23. The molecule has 0 atom stereocenters. The van der Waals surface area contributed by atoms with Crippen LogP contribution in [0.2, 0.25) is 0 Å². The Hall–Kier alpha value is -5.40. The maximum absolute atomic E-state index is 11.1. The maximum Gasteiger partial charge on any atom is 0.346 e. The number of rotatable bonds is 7. The molecule has 5 rings (SSSR count). The molecule has 4 nitrogen and oxygen atoms in total. The highest BCUT2D eigenvalue weighted by Gasteiger charge is 2.12. The predicted octanol–water partition coefficient (Wildman–Crippen LogP) is 8.48. The Kier molecular flexibility index (Phi) is 7.11. The second kappa shape index (κ2) is 11.1. The zero-order valence-electron chi connectivity index (χ0n) is 20.5. The van der Waals surface area contributed by atoms with Crippen molar-refractivity contribution in [2.45, 2.75) is 0 Å². The van der Waals surface area contributed by atoms with Gasteiger partial charge in [-0.1, -0.05) is 97.1 Å². The van der Waals surface area contributed by atoms with E-state index in [0.717, 1.165) is 39.3 Å². The first-order valence-electron chi connectivity index (χ1n) is 12.2. The Morgan fingerprint density at radius 1 is 0.579 bits per heavy atom. The van der Waals surface area contributed by atoms with Gasteiger partial charge in [0.05, 0.1) is 0 Å². The quantitative estimate of drug-likeness (QED) is 0.183. The van der Waals surface area contributed by atoms with Gasteiger partial charge in [-0.15, -0.1) is 0 Å². The summed E-state index contributed by atoms with van der Waals surface area (Å²) < 4.78 is 0. The van der Waals surface area contributed by atoms with Crippen molar-refractivity contribution in [1.82, 2.24) is 0 Å². The van der Waals surface area contributed by atoms with Gasteiger partial charge in [-0.2, -0.15) is 5.26 Å². The standard InChI is InChI=1S/C34H24N2O2/c35-24-30(34(37)38)23-25-11-13-26(14-12-25)27-15-17-28(18-16-27)29-19-21-33(22-20-29)36(31-7-3-1-4-8-31)32-9-5-2-6-10-32/h1-23H,(H,37,38)/b30-23+. The minimum Gasteiger partial charge on any atom is -0.477 e. The summed E-state index contributed by atoms with van der Waals surface area (Å²) in [4.78, 5) is 13.3. The summed E-state index contributed by atoms with van der Waals surface area (Å²) in [6.45, 7) is 0. The van der Waals surface area contributed by atoms with Gasteiger partial charge in [-0.05, 0) is 70.3 Å². The summed E-state index contributed by atoms with van der Waals surface area (Å²) in [6, 6.07) is 46.8. The summed E-state index contributed by atoms with van der Waals surface area (Å²) in [5, 5.41) is 18.0. The van der Waals surface area contributed by atoms with E-state index in [2.05, 4.69) is 77.7 Å². The van der Waals surface area contributed by atoms with Crippen LogP contribution in [0.3, 0.4) is 0 Å². The predicted molar refractivity (Wildman–Crippen MR) is 153 cm³/mol. The van der Waals surface area contributed by atoms with Crippen molar-refractivity contribution in [1.29, 1.82) is 5.26 Å². The van der Waals surface area contributed by atoms with Crippen molar-refractivity contribution in [3.8, 4) is 28.3 Å². The molecule has 0 radical (unpaired) electrons. The molecule has 1 N–H and O–H groups in total. The smallest absolute Gasteiger partial charge is 0.346 e. The normalized spacial score (nSPS) is 11.0. The third-order valence-electron chi connectivity index (χ3n) is 6.28. The fourth-order valence-electron chi connectivity index (χ4n) is 4.34. The third kappa shape index (κ3) is 5.38. The van der Waals surface area contributed by atoms with Gasteiger partial charge in [-0.3, -0.25) is 0 Å². The second-order valence-electron chi connectivity index (χ2n) is 8.73. The van der Waals surface area contributed by atoms with Crippen LogP contribution in [0.4, 0.5) is 17.1 Å². The molecule has 0 aromatic heterocycles. The zero-order chi connectivity index (χ0) is 26.3. The van der Waals surface area contributed by atoms with E-state index in [-0.39, 0.29) is 5.57 Å². The lowest BCUT2D eigenvalue weighted by Crippen LogP contribution is -2.09. The van der Waals surface area contributed by atoms with E-state index < -0.39 is 5.97 Å². The number of hydrogen-bond acceptors (Lipinski definition) is 3. The Bertz CT molecular complexity index is 1560. The van der Waals surface area contributed by atoms with Crippen LogP contribution >= 0.6 is 0 Å².